The lowest BCUT2D eigenvalue weighted by Crippen LogP contribution is -2.37. The summed E-state index contributed by atoms with van der Waals surface area (Å²) in [6.45, 7) is 5.66. The summed E-state index contributed by atoms with van der Waals surface area (Å²) in [5.74, 6) is 0.809. The van der Waals surface area contributed by atoms with Crippen LogP contribution in [0.25, 0.3) is 0 Å². The van der Waals surface area contributed by atoms with Gasteiger partial charge < -0.3 is 10.1 Å². The minimum absolute atomic E-state index is 0. The van der Waals surface area contributed by atoms with Crippen LogP contribution in [0.15, 0.2) is 18.2 Å². The van der Waals surface area contributed by atoms with Crippen molar-refractivity contribution in [2.24, 2.45) is 5.92 Å². The Morgan fingerprint density at radius 2 is 2.05 bits per heavy atom. The predicted octanol–water partition coefficient (Wildman–Crippen LogP) is 3.47. The zero-order chi connectivity index (χ0) is 14.1. The fraction of sp³-hybridized carbons (Fsp3) is 0.667. The fourth-order valence-electron chi connectivity index (χ4n) is 4.24. The standard InChI is InChI=1S/C18H26N2O.ClH/c1-3-15-6-9-19-18(15)16(4-1)13-20-10-7-14(8-11-20)17-5-2-12-21-17;/h1,3-4,14,17,19H,2,5-13H2;1H. The Balaban J connectivity index is 0.00000144. The third kappa shape index (κ3) is 3.27. The van der Waals surface area contributed by atoms with Gasteiger partial charge in [-0.25, -0.2) is 0 Å². The molecule has 1 N–H and O–H groups in total. The molecule has 1 atom stereocenters. The van der Waals surface area contributed by atoms with Crippen molar-refractivity contribution in [3.63, 3.8) is 0 Å². The molecule has 0 saturated carbocycles. The maximum atomic E-state index is 5.88. The number of para-hydroxylation sites is 1. The average Bonchev–Trinajstić information content (AvgIpc) is 3.20. The second kappa shape index (κ2) is 7.20. The number of halogens is 1. The van der Waals surface area contributed by atoms with Crippen LogP contribution in [0.2, 0.25) is 0 Å². The van der Waals surface area contributed by atoms with E-state index in [1.165, 1.54) is 62.0 Å². The Kier molecular flexibility index (Phi) is 5.27. The van der Waals surface area contributed by atoms with Crippen molar-refractivity contribution in [3.8, 4) is 0 Å². The van der Waals surface area contributed by atoms with Crippen molar-refractivity contribution < 1.29 is 4.74 Å². The predicted molar refractivity (Wildman–Crippen MR) is 92.9 cm³/mol. The zero-order valence-electron chi connectivity index (χ0n) is 13.2. The Bertz CT molecular complexity index is 494. The molecule has 122 valence electrons. The highest BCUT2D eigenvalue weighted by Gasteiger charge is 2.29. The molecule has 3 aliphatic heterocycles. The quantitative estimate of drug-likeness (QED) is 0.922. The number of anilines is 1. The van der Waals surface area contributed by atoms with Gasteiger partial charge in [0.05, 0.1) is 6.10 Å². The second-order valence-corrected chi connectivity index (χ2v) is 6.79. The van der Waals surface area contributed by atoms with Gasteiger partial charge in [0.25, 0.3) is 0 Å². The van der Waals surface area contributed by atoms with E-state index in [0.29, 0.717) is 6.10 Å². The van der Waals surface area contributed by atoms with Gasteiger partial charge in [-0.05, 0) is 62.2 Å². The summed E-state index contributed by atoms with van der Waals surface area (Å²) >= 11 is 0. The number of rotatable bonds is 3. The summed E-state index contributed by atoms with van der Waals surface area (Å²) in [6.07, 6.45) is 6.94. The van der Waals surface area contributed by atoms with E-state index < -0.39 is 0 Å². The van der Waals surface area contributed by atoms with E-state index >= 15 is 0 Å². The largest absolute Gasteiger partial charge is 0.384 e. The Labute approximate surface area is 139 Å². The minimum Gasteiger partial charge on any atom is -0.384 e. The molecule has 22 heavy (non-hydrogen) atoms. The molecule has 3 aliphatic rings. The SMILES string of the molecule is Cl.c1cc2c(c(CN3CCC(C4CCCO4)CC3)c1)NCC2. The lowest BCUT2D eigenvalue weighted by molar-refractivity contribution is 0.0305. The highest BCUT2D eigenvalue weighted by molar-refractivity contribution is 5.85. The third-order valence-electron chi connectivity index (χ3n) is 5.45. The molecule has 1 aromatic carbocycles. The number of likely N-dealkylation sites (tertiary alicyclic amines) is 1. The number of hydrogen-bond donors (Lipinski definition) is 1. The van der Waals surface area contributed by atoms with E-state index in [1.54, 1.807) is 0 Å². The highest BCUT2D eigenvalue weighted by atomic mass is 35.5. The molecule has 1 unspecified atom stereocenters. The summed E-state index contributed by atoms with van der Waals surface area (Å²) in [5.41, 5.74) is 4.40. The fourth-order valence-corrected chi connectivity index (χ4v) is 4.24. The first-order valence-electron chi connectivity index (χ1n) is 8.59. The van der Waals surface area contributed by atoms with E-state index in [-0.39, 0.29) is 12.4 Å². The van der Waals surface area contributed by atoms with E-state index in [9.17, 15) is 0 Å². The van der Waals surface area contributed by atoms with Crippen LogP contribution in [0.4, 0.5) is 5.69 Å². The maximum absolute atomic E-state index is 5.88. The zero-order valence-corrected chi connectivity index (χ0v) is 14.0. The van der Waals surface area contributed by atoms with Crippen LogP contribution in [-0.4, -0.2) is 37.2 Å². The van der Waals surface area contributed by atoms with Crippen molar-refractivity contribution in [2.75, 3.05) is 31.6 Å². The number of nitrogens with zero attached hydrogens (tertiary/aromatic N) is 1. The van der Waals surface area contributed by atoms with Crippen molar-refractivity contribution in [1.82, 2.24) is 4.90 Å². The molecule has 0 radical (unpaired) electrons. The van der Waals surface area contributed by atoms with Crippen LogP contribution in [0, 0.1) is 5.92 Å². The molecule has 0 aliphatic carbocycles. The summed E-state index contributed by atoms with van der Waals surface area (Å²) in [7, 11) is 0. The van der Waals surface area contributed by atoms with Crippen LogP contribution in [0.5, 0.6) is 0 Å². The molecule has 0 spiro atoms. The summed E-state index contributed by atoms with van der Waals surface area (Å²) in [4.78, 5) is 2.63. The summed E-state index contributed by atoms with van der Waals surface area (Å²) < 4.78 is 5.88. The van der Waals surface area contributed by atoms with Gasteiger partial charge in [-0.15, -0.1) is 12.4 Å². The van der Waals surface area contributed by atoms with E-state index in [1.807, 2.05) is 0 Å². The highest BCUT2D eigenvalue weighted by Crippen LogP contribution is 2.31. The van der Waals surface area contributed by atoms with Crippen molar-refractivity contribution in [3.05, 3.63) is 29.3 Å². The number of fused-ring (bicyclic) bond motifs is 1. The van der Waals surface area contributed by atoms with Crippen LogP contribution in [-0.2, 0) is 17.7 Å². The van der Waals surface area contributed by atoms with Gasteiger partial charge >= 0.3 is 0 Å². The van der Waals surface area contributed by atoms with Crippen molar-refractivity contribution >= 4 is 18.1 Å². The number of nitrogens with one attached hydrogen (secondary N) is 1. The molecule has 0 bridgehead atoms. The van der Waals surface area contributed by atoms with Crippen LogP contribution < -0.4 is 5.32 Å². The topological polar surface area (TPSA) is 24.5 Å². The molecule has 2 fully saturated rings. The number of benzene rings is 1. The molecule has 3 heterocycles. The van der Waals surface area contributed by atoms with Crippen LogP contribution in [0.3, 0.4) is 0 Å². The van der Waals surface area contributed by atoms with Crippen LogP contribution >= 0.6 is 12.4 Å². The van der Waals surface area contributed by atoms with Crippen molar-refractivity contribution in [2.45, 2.75) is 44.8 Å². The maximum Gasteiger partial charge on any atom is 0.0605 e. The molecule has 1 aromatic rings. The molecule has 3 nitrogen and oxygen atoms in total. The van der Waals surface area contributed by atoms with Crippen LogP contribution in [0.1, 0.15) is 36.8 Å². The number of hydrogen-bond acceptors (Lipinski definition) is 3. The summed E-state index contributed by atoms with van der Waals surface area (Å²) in [5, 5.41) is 3.57. The first-order chi connectivity index (χ1) is 10.4. The molecular weight excluding hydrogens is 296 g/mol. The molecular formula is C18H27ClN2O. The molecule has 2 saturated heterocycles. The van der Waals surface area contributed by atoms with Gasteiger partial charge in [-0.3, -0.25) is 4.90 Å². The first kappa shape index (κ1) is 16.1. The monoisotopic (exact) mass is 322 g/mol. The molecule has 0 amide bonds. The van der Waals surface area contributed by atoms with E-state index in [4.69, 9.17) is 4.74 Å². The molecule has 4 heteroatoms. The smallest absolute Gasteiger partial charge is 0.0605 e. The Hall–Kier alpha value is -0.770. The number of ether oxygens (including phenoxy) is 1. The molecule has 4 rings (SSSR count). The third-order valence-corrected chi connectivity index (χ3v) is 5.45. The van der Waals surface area contributed by atoms with Gasteiger partial charge in [0.2, 0.25) is 0 Å². The Morgan fingerprint density at radius 3 is 2.82 bits per heavy atom. The lowest BCUT2D eigenvalue weighted by atomic mass is 9.89. The van der Waals surface area contributed by atoms with E-state index in [0.717, 1.165) is 25.6 Å². The normalized spacial score (nSPS) is 25.5. The minimum atomic E-state index is 0. The van der Waals surface area contributed by atoms with Crippen molar-refractivity contribution in [1.29, 1.82) is 0 Å². The second-order valence-electron chi connectivity index (χ2n) is 6.79. The number of piperidine rings is 1. The van der Waals surface area contributed by atoms with E-state index in [2.05, 4.69) is 28.4 Å². The lowest BCUT2D eigenvalue weighted by Gasteiger charge is -2.34. The first-order valence-corrected chi connectivity index (χ1v) is 8.59. The van der Waals surface area contributed by atoms with Gasteiger partial charge in [-0.2, -0.15) is 0 Å². The Morgan fingerprint density at radius 1 is 1.18 bits per heavy atom. The molecule has 0 aromatic heterocycles. The van der Waals surface area contributed by atoms with Gasteiger partial charge in [-0.1, -0.05) is 18.2 Å². The van der Waals surface area contributed by atoms with Gasteiger partial charge in [0.1, 0.15) is 0 Å². The summed E-state index contributed by atoms with van der Waals surface area (Å²) in [6, 6.07) is 6.78. The van der Waals surface area contributed by atoms with Gasteiger partial charge in [0, 0.05) is 25.4 Å². The van der Waals surface area contributed by atoms with Gasteiger partial charge in [0.15, 0.2) is 0 Å². The average molecular weight is 323 g/mol.